The molecule has 1 saturated heterocycles. The lowest BCUT2D eigenvalue weighted by atomic mass is 10.1. The molecule has 4 N–H and O–H groups in total. The lowest BCUT2D eigenvalue weighted by molar-refractivity contribution is -0.121. The van der Waals surface area contributed by atoms with Crippen molar-refractivity contribution in [2.24, 2.45) is 11.5 Å². The van der Waals surface area contributed by atoms with Gasteiger partial charge in [0.25, 0.3) is 0 Å². The Hall–Kier alpha value is -1.73. The highest BCUT2D eigenvalue weighted by Gasteiger charge is 2.30. The van der Waals surface area contributed by atoms with Crippen LogP contribution < -0.4 is 16.4 Å². The number of aromatic nitrogens is 1. The van der Waals surface area contributed by atoms with Crippen LogP contribution in [0.4, 0.5) is 5.82 Å². The maximum absolute atomic E-state index is 11.5. The number of thiocarbonyl (C=S) groups is 1. The summed E-state index contributed by atoms with van der Waals surface area (Å²) >= 11 is 5.03. The first kappa shape index (κ1) is 13.7. The predicted octanol–water partition coefficient (Wildman–Crippen LogP) is -0.285. The second kappa shape index (κ2) is 5.50. The molecule has 1 aromatic heterocycles. The summed E-state index contributed by atoms with van der Waals surface area (Å²) in [5.74, 6) is 0.150. The molecule has 2 rings (SSSR count). The van der Waals surface area contributed by atoms with Crippen LogP contribution in [-0.2, 0) is 9.53 Å². The molecule has 0 spiro atoms. The SMILES string of the molecule is Cc1ccc(C(N)=S)c(N2CCOCC2C(N)=O)n1. The Bertz CT molecular complexity index is 520. The first-order valence-electron chi connectivity index (χ1n) is 5.92. The molecule has 7 heteroatoms. The van der Waals surface area contributed by atoms with Crippen LogP contribution in [0.1, 0.15) is 11.3 Å². The Balaban J connectivity index is 2.46. The fourth-order valence-corrected chi connectivity index (χ4v) is 2.21. The van der Waals surface area contributed by atoms with Crippen LogP contribution in [0.25, 0.3) is 0 Å². The van der Waals surface area contributed by atoms with Gasteiger partial charge in [0.05, 0.1) is 18.8 Å². The highest BCUT2D eigenvalue weighted by atomic mass is 32.1. The van der Waals surface area contributed by atoms with Crippen LogP contribution in [0.5, 0.6) is 0 Å². The minimum absolute atomic E-state index is 0.247. The molecule has 0 aliphatic carbocycles. The Morgan fingerprint density at radius 3 is 2.89 bits per heavy atom. The Kier molecular flexibility index (Phi) is 3.96. The van der Waals surface area contributed by atoms with Crippen molar-refractivity contribution in [1.82, 2.24) is 4.98 Å². The van der Waals surface area contributed by atoms with Crippen LogP contribution in [-0.4, -0.2) is 41.7 Å². The summed E-state index contributed by atoms with van der Waals surface area (Å²) in [5.41, 5.74) is 12.6. The number of anilines is 1. The normalized spacial score (nSPS) is 19.2. The number of pyridine rings is 1. The number of rotatable bonds is 3. The second-order valence-electron chi connectivity index (χ2n) is 4.37. The van der Waals surface area contributed by atoms with E-state index in [0.29, 0.717) is 24.5 Å². The van der Waals surface area contributed by atoms with Crippen molar-refractivity contribution in [1.29, 1.82) is 0 Å². The molecule has 0 bridgehead atoms. The van der Waals surface area contributed by atoms with E-state index in [9.17, 15) is 4.79 Å². The fraction of sp³-hybridized carbons (Fsp3) is 0.417. The first-order chi connectivity index (χ1) is 9.00. The van der Waals surface area contributed by atoms with E-state index in [1.165, 1.54) is 0 Å². The van der Waals surface area contributed by atoms with Crippen molar-refractivity contribution >= 4 is 28.9 Å². The molecule has 1 aliphatic heterocycles. The average Bonchev–Trinajstić information content (AvgIpc) is 2.38. The molecule has 1 aliphatic rings. The zero-order valence-corrected chi connectivity index (χ0v) is 11.4. The molecule has 0 saturated carbocycles. The number of carbonyl (C=O) groups excluding carboxylic acids is 1. The Morgan fingerprint density at radius 2 is 2.26 bits per heavy atom. The number of ether oxygens (including phenoxy) is 1. The van der Waals surface area contributed by atoms with Crippen LogP contribution in [0.2, 0.25) is 0 Å². The number of hydrogen-bond acceptors (Lipinski definition) is 5. The Labute approximate surface area is 116 Å². The molecular formula is C12H16N4O2S. The van der Waals surface area contributed by atoms with Crippen LogP contribution in [0.3, 0.4) is 0 Å². The summed E-state index contributed by atoms with van der Waals surface area (Å²) < 4.78 is 5.29. The molecule has 0 radical (unpaired) electrons. The molecule has 102 valence electrons. The van der Waals surface area contributed by atoms with Crippen molar-refractivity contribution in [3.63, 3.8) is 0 Å². The highest BCUT2D eigenvalue weighted by molar-refractivity contribution is 7.80. The van der Waals surface area contributed by atoms with Crippen LogP contribution >= 0.6 is 12.2 Å². The standard InChI is InChI=1S/C12H16N4O2S/c1-7-2-3-8(11(14)19)12(15-7)16-4-5-18-6-9(16)10(13)17/h2-3,9H,4-6H2,1H3,(H2,13,17)(H2,14,19). The highest BCUT2D eigenvalue weighted by Crippen LogP contribution is 2.22. The molecule has 0 aromatic carbocycles. The number of aryl methyl sites for hydroxylation is 1. The summed E-state index contributed by atoms with van der Waals surface area (Å²) in [6, 6.07) is 3.10. The van der Waals surface area contributed by atoms with Crippen molar-refractivity contribution in [3.05, 3.63) is 23.4 Å². The van der Waals surface area contributed by atoms with Gasteiger partial charge in [0.2, 0.25) is 5.91 Å². The molecular weight excluding hydrogens is 264 g/mol. The van der Waals surface area contributed by atoms with Crippen molar-refractivity contribution < 1.29 is 9.53 Å². The number of nitrogens with zero attached hydrogens (tertiary/aromatic N) is 2. The van der Waals surface area contributed by atoms with Gasteiger partial charge in [-0.1, -0.05) is 12.2 Å². The molecule has 1 unspecified atom stereocenters. The van der Waals surface area contributed by atoms with E-state index in [0.717, 1.165) is 5.69 Å². The minimum atomic E-state index is -0.545. The quantitative estimate of drug-likeness (QED) is 0.739. The molecule has 1 fully saturated rings. The summed E-state index contributed by atoms with van der Waals surface area (Å²) in [7, 11) is 0. The van der Waals surface area contributed by atoms with Gasteiger partial charge in [-0.25, -0.2) is 4.98 Å². The number of primary amides is 1. The molecule has 19 heavy (non-hydrogen) atoms. The second-order valence-corrected chi connectivity index (χ2v) is 4.81. The minimum Gasteiger partial charge on any atom is -0.389 e. The third-order valence-electron chi connectivity index (χ3n) is 3.01. The van der Waals surface area contributed by atoms with E-state index in [-0.39, 0.29) is 11.6 Å². The van der Waals surface area contributed by atoms with E-state index < -0.39 is 11.9 Å². The topological polar surface area (TPSA) is 94.5 Å². The third kappa shape index (κ3) is 2.82. The smallest absolute Gasteiger partial charge is 0.242 e. The van der Waals surface area contributed by atoms with Gasteiger partial charge in [0.1, 0.15) is 16.8 Å². The van der Waals surface area contributed by atoms with Crippen LogP contribution in [0, 0.1) is 6.92 Å². The van der Waals surface area contributed by atoms with Crippen LogP contribution in [0.15, 0.2) is 12.1 Å². The van der Waals surface area contributed by atoms with Gasteiger partial charge in [-0.2, -0.15) is 0 Å². The van der Waals surface area contributed by atoms with Gasteiger partial charge in [-0.15, -0.1) is 0 Å². The third-order valence-corrected chi connectivity index (χ3v) is 3.23. The van der Waals surface area contributed by atoms with Crippen molar-refractivity contribution in [2.75, 3.05) is 24.7 Å². The summed E-state index contributed by atoms with van der Waals surface area (Å²) in [5, 5.41) is 0. The lowest BCUT2D eigenvalue weighted by Crippen LogP contribution is -2.53. The van der Waals surface area contributed by atoms with Gasteiger partial charge in [0.15, 0.2) is 0 Å². The zero-order chi connectivity index (χ0) is 14.0. The summed E-state index contributed by atoms with van der Waals surface area (Å²) in [4.78, 5) is 18.0. The fourth-order valence-electron chi connectivity index (χ4n) is 2.05. The zero-order valence-electron chi connectivity index (χ0n) is 10.6. The molecule has 1 aromatic rings. The van der Waals surface area contributed by atoms with Crippen molar-refractivity contribution in [3.8, 4) is 0 Å². The van der Waals surface area contributed by atoms with E-state index in [2.05, 4.69) is 4.98 Å². The number of nitrogens with two attached hydrogens (primary N) is 2. The van der Waals surface area contributed by atoms with Gasteiger partial charge in [-0.3, -0.25) is 4.79 Å². The summed E-state index contributed by atoms with van der Waals surface area (Å²) in [6.07, 6.45) is 0. The lowest BCUT2D eigenvalue weighted by Gasteiger charge is -2.35. The number of morpholine rings is 1. The van der Waals surface area contributed by atoms with E-state index in [4.69, 9.17) is 28.4 Å². The number of hydrogen-bond donors (Lipinski definition) is 2. The maximum atomic E-state index is 11.5. The van der Waals surface area contributed by atoms with E-state index in [1.54, 1.807) is 0 Å². The average molecular weight is 280 g/mol. The molecule has 1 amide bonds. The monoisotopic (exact) mass is 280 g/mol. The van der Waals surface area contributed by atoms with E-state index >= 15 is 0 Å². The van der Waals surface area contributed by atoms with Gasteiger partial charge in [-0.05, 0) is 19.1 Å². The van der Waals surface area contributed by atoms with Gasteiger partial charge < -0.3 is 21.1 Å². The number of carbonyl (C=O) groups is 1. The predicted molar refractivity (Wildman–Crippen MR) is 76.0 cm³/mol. The first-order valence-corrected chi connectivity index (χ1v) is 6.32. The van der Waals surface area contributed by atoms with E-state index in [1.807, 2.05) is 24.0 Å². The van der Waals surface area contributed by atoms with Gasteiger partial charge in [0, 0.05) is 12.2 Å². The number of amides is 1. The van der Waals surface area contributed by atoms with Gasteiger partial charge >= 0.3 is 0 Å². The molecule has 6 nitrogen and oxygen atoms in total. The summed E-state index contributed by atoms with van der Waals surface area (Å²) in [6.45, 7) is 3.16. The molecule has 2 heterocycles. The maximum Gasteiger partial charge on any atom is 0.242 e. The largest absolute Gasteiger partial charge is 0.389 e. The Morgan fingerprint density at radius 1 is 1.53 bits per heavy atom. The van der Waals surface area contributed by atoms with Crippen molar-refractivity contribution in [2.45, 2.75) is 13.0 Å². The molecule has 1 atom stereocenters.